The number of nitrogens with one attached hydrogen (secondary N) is 3. The molecule has 0 fully saturated rings. The smallest absolute Gasteiger partial charge is 0.408 e. The third kappa shape index (κ3) is 9.67. The molecule has 0 spiro atoms. The summed E-state index contributed by atoms with van der Waals surface area (Å²) in [6.07, 6.45) is -0.364. The van der Waals surface area contributed by atoms with E-state index in [0.29, 0.717) is 0 Å². The fraction of sp³-hybridized carbons (Fsp3) is 0.250. The minimum absolute atomic E-state index is 0.00457. The normalized spacial score (nSPS) is 13.0. The van der Waals surface area contributed by atoms with Crippen LogP contribution in [0.4, 0.5) is 4.79 Å². The Morgan fingerprint density at radius 2 is 1.22 bits per heavy atom. The Morgan fingerprint density at radius 1 is 0.612 bits per heavy atom. The summed E-state index contributed by atoms with van der Waals surface area (Å²) in [5.74, 6) is -2.40. The highest BCUT2D eigenvalue weighted by atomic mass is 16.5. The van der Waals surface area contributed by atoms with E-state index in [-0.39, 0.29) is 31.8 Å². The molecule has 0 radical (unpaired) electrons. The Hall–Kier alpha value is -5.70. The molecule has 0 bridgehead atoms. The third-order valence-corrected chi connectivity index (χ3v) is 8.33. The minimum atomic E-state index is -1.16. The Balaban J connectivity index is 1.42. The fourth-order valence-electron chi connectivity index (χ4n) is 5.85. The van der Waals surface area contributed by atoms with Crippen LogP contribution < -0.4 is 16.0 Å². The standard InChI is InChI=1S/C40H41N3O6/c1-26(2)21-36(39(46)47)42-38(45)35(24-32-17-10-16-30-14-8-9-18-33(30)32)41-37(44)34(43-40(48)49-25-27-11-4-3-5-12-27)23-28-19-20-29-13-6-7-15-31(29)22-28/h3-20,22,26,34-36H,21,23-25H2,1-2H3,(H,41,44)(H,42,45)(H,43,48)(H,46,47)/t34-,35-,36-/m0/s1. The van der Waals surface area contributed by atoms with Crippen LogP contribution in [0.2, 0.25) is 0 Å². The molecule has 3 atom stereocenters. The van der Waals surface area contributed by atoms with Crippen molar-refractivity contribution in [2.75, 3.05) is 0 Å². The maximum Gasteiger partial charge on any atom is 0.408 e. The van der Waals surface area contributed by atoms with Gasteiger partial charge in [-0.25, -0.2) is 9.59 Å². The first-order valence-corrected chi connectivity index (χ1v) is 16.4. The molecule has 5 aromatic carbocycles. The molecule has 5 rings (SSSR count). The lowest BCUT2D eigenvalue weighted by Gasteiger charge is -2.25. The largest absolute Gasteiger partial charge is 0.480 e. The maximum atomic E-state index is 14.1. The fourth-order valence-corrected chi connectivity index (χ4v) is 5.85. The number of ether oxygens (including phenoxy) is 1. The van der Waals surface area contributed by atoms with Crippen LogP contribution in [0.3, 0.4) is 0 Å². The van der Waals surface area contributed by atoms with Gasteiger partial charge in [-0.3, -0.25) is 9.59 Å². The number of amides is 3. The second kappa shape index (κ2) is 16.4. The van der Waals surface area contributed by atoms with Gasteiger partial charge in [-0.2, -0.15) is 0 Å². The van der Waals surface area contributed by atoms with Crippen LogP contribution in [0.25, 0.3) is 21.5 Å². The molecular weight excluding hydrogens is 618 g/mol. The maximum absolute atomic E-state index is 14.1. The molecule has 9 nitrogen and oxygen atoms in total. The summed E-state index contributed by atoms with van der Waals surface area (Å²) in [7, 11) is 0. The van der Waals surface area contributed by atoms with Crippen molar-refractivity contribution in [1.29, 1.82) is 0 Å². The van der Waals surface area contributed by atoms with Gasteiger partial charge in [-0.1, -0.05) is 129 Å². The Kier molecular flexibility index (Phi) is 11.6. The summed E-state index contributed by atoms with van der Waals surface area (Å²) >= 11 is 0. The van der Waals surface area contributed by atoms with E-state index in [1.165, 1.54) is 0 Å². The van der Waals surface area contributed by atoms with Crippen molar-refractivity contribution >= 4 is 45.4 Å². The number of fused-ring (bicyclic) bond motifs is 2. The van der Waals surface area contributed by atoms with Crippen LogP contribution in [-0.4, -0.2) is 47.1 Å². The van der Waals surface area contributed by atoms with E-state index < -0.39 is 42.0 Å². The molecule has 4 N–H and O–H groups in total. The molecule has 5 aromatic rings. The molecule has 0 saturated heterocycles. The zero-order chi connectivity index (χ0) is 34.8. The average molecular weight is 660 g/mol. The lowest BCUT2D eigenvalue weighted by Crippen LogP contribution is -2.57. The number of hydrogen-bond acceptors (Lipinski definition) is 5. The molecule has 0 aliphatic carbocycles. The molecule has 0 aromatic heterocycles. The van der Waals surface area contributed by atoms with Gasteiger partial charge in [-0.15, -0.1) is 0 Å². The summed E-state index contributed by atoms with van der Waals surface area (Å²) in [6, 6.07) is 32.8. The quantitative estimate of drug-likeness (QED) is 0.113. The number of carboxylic acid groups (broad SMARTS) is 1. The highest BCUT2D eigenvalue weighted by Crippen LogP contribution is 2.21. The molecular formula is C40H41N3O6. The van der Waals surface area contributed by atoms with Crippen molar-refractivity contribution < 1.29 is 29.0 Å². The van der Waals surface area contributed by atoms with Crippen molar-refractivity contribution in [1.82, 2.24) is 16.0 Å². The average Bonchev–Trinajstić information content (AvgIpc) is 3.10. The van der Waals surface area contributed by atoms with Crippen LogP contribution in [0, 0.1) is 5.92 Å². The minimum Gasteiger partial charge on any atom is -0.480 e. The zero-order valence-electron chi connectivity index (χ0n) is 27.6. The first-order chi connectivity index (χ1) is 23.7. The first-order valence-electron chi connectivity index (χ1n) is 16.4. The number of benzene rings is 5. The van der Waals surface area contributed by atoms with Gasteiger partial charge in [0.05, 0.1) is 0 Å². The summed E-state index contributed by atoms with van der Waals surface area (Å²) in [5.41, 5.74) is 2.38. The van der Waals surface area contributed by atoms with Gasteiger partial charge in [-0.05, 0) is 50.6 Å². The number of carboxylic acids is 1. The van der Waals surface area contributed by atoms with Crippen molar-refractivity contribution in [2.24, 2.45) is 5.92 Å². The van der Waals surface area contributed by atoms with E-state index in [2.05, 4.69) is 16.0 Å². The van der Waals surface area contributed by atoms with E-state index >= 15 is 0 Å². The number of aliphatic carboxylic acids is 1. The predicted molar refractivity (Wildman–Crippen MR) is 190 cm³/mol. The number of carbonyl (C=O) groups is 4. The monoisotopic (exact) mass is 659 g/mol. The lowest BCUT2D eigenvalue weighted by molar-refractivity contribution is -0.142. The van der Waals surface area contributed by atoms with E-state index in [0.717, 1.165) is 38.2 Å². The van der Waals surface area contributed by atoms with Crippen LogP contribution in [0.15, 0.2) is 115 Å². The van der Waals surface area contributed by atoms with Crippen LogP contribution >= 0.6 is 0 Å². The van der Waals surface area contributed by atoms with E-state index in [4.69, 9.17) is 4.74 Å². The summed E-state index contributed by atoms with van der Waals surface area (Å²) in [5, 5.41) is 21.9. The summed E-state index contributed by atoms with van der Waals surface area (Å²) in [6.45, 7) is 3.75. The molecule has 0 unspecified atom stereocenters. The Morgan fingerprint density at radius 3 is 1.94 bits per heavy atom. The third-order valence-electron chi connectivity index (χ3n) is 8.33. The van der Waals surface area contributed by atoms with Crippen LogP contribution in [0.1, 0.15) is 37.0 Å². The summed E-state index contributed by atoms with van der Waals surface area (Å²) < 4.78 is 5.45. The second-order valence-electron chi connectivity index (χ2n) is 12.6. The molecule has 0 heterocycles. The van der Waals surface area contributed by atoms with Crippen molar-refractivity contribution in [3.63, 3.8) is 0 Å². The zero-order valence-corrected chi connectivity index (χ0v) is 27.6. The first kappa shape index (κ1) is 34.6. The highest BCUT2D eigenvalue weighted by Gasteiger charge is 2.31. The molecule has 3 amide bonds. The second-order valence-corrected chi connectivity index (χ2v) is 12.6. The van der Waals surface area contributed by atoms with Gasteiger partial charge < -0.3 is 25.8 Å². The van der Waals surface area contributed by atoms with Crippen molar-refractivity contribution in [3.05, 3.63) is 132 Å². The molecule has 49 heavy (non-hydrogen) atoms. The molecule has 0 aliphatic heterocycles. The Labute approximate surface area is 285 Å². The van der Waals surface area contributed by atoms with E-state index in [1.54, 1.807) is 0 Å². The van der Waals surface area contributed by atoms with Crippen molar-refractivity contribution in [3.8, 4) is 0 Å². The predicted octanol–water partition coefficient (Wildman–Crippen LogP) is 6.17. The van der Waals surface area contributed by atoms with Gasteiger partial charge in [0.1, 0.15) is 24.7 Å². The van der Waals surface area contributed by atoms with Crippen LogP contribution in [0.5, 0.6) is 0 Å². The molecule has 0 saturated carbocycles. The van der Waals surface area contributed by atoms with Gasteiger partial charge >= 0.3 is 12.1 Å². The number of alkyl carbamates (subject to hydrolysis) is 1. The van der Waals surface area contributed by atoms with Gasteiger partial charge in [0, 0.05) is 12.8 Å². The highest BCUT2D eigenvalue weighted by molar-refractivity contribution is 5.94. The molecule has 9 heteroatoms. The van der Waals surface area contributed by atoms with Gasteiger partial charge in [0.2, 0.25) is 11.8 Å². The summed E-state index contributed by atoms with van der Waals surface area (Å²) in [4.78, 5) is 53.1. The van der Waals surface area contributed by atoms with E-state index in [1.807, 2.05) is 129 Å². The van der Waals surface area contributed by atoms with E-state index in [9.17, 15) is 24.3 Å². The number of rotatable bonds is 14. The lowest BCUT2D eigenvalue weighted by atomic mass is 9.97. The number of hydrogen-bond donors (Lipinski definition) is 4. The van der Waals surface area contributed by atoms with Gasteiger partial charge in [0.25, 0.3) is 0 Å². The number of carbonyl (C=O) groups excluding carboxylic acids is 3. The van der Waals surface area contributed by atoms with Crippen LogP contribution in [-0.2, 0) is 38.6 Å². The van der Waals surface area contributed by atoms with Gasteiger partial charge in [0.15, 0.2) is 0 Å². The SMILES string of the molecule is CC(C)C[C@H](NC(=O)[C@H](Cc1cccc2ccccc12)NC(=O)[C@H](Cc1ccc2ccccc2c1)NC(=O)OCc1ccccc1)C(=O)O. The molecule has 252 valence electrons. The Bertz CT molecular complexity index is 1920. The molecule has 0 aliphatic rings. The topological polar surface area (TPSA) is 134 Å². The van der Waals surface area contributed by atoms with Crippen molar-refractivity contribution in [2.45, 2.75) is 57.8 Å².